The summed E-state index contributed by atoms with van der Waals surface area (Å²) < 4.78 is 5.77. The van der Waals surface area contributed by atoms with Crippen LogP contribution in [0.5, 0.6) is 5.75 Å². The average molecular weight is 280 g/mol. The van der Waals surface area contributed by atoms with Crippen LogP contribution in [0.15, 0.2) is 18.2 Å². The zero-order valence-electron chi connectivity index (χ0n) is 5.68. The van der Waals surface area contributed by atoms with Crippen LogP contribution in [-0.4, -0.2) is 4.11 Å². The largest absolute Gasteiger partial charge is 0.480 e. The number of fused-ring (bicyclic) bond motifs is 1. The molecule has 1 aromatic rings. The molecule has 11 heavy (non-hydrogen) atoms. The second-order valence-corrected chi connectivity index (χ2v) is 4.31. The number of benzene rings is 1. The van der Waals surface area contributed by atoms with E-state index >= 15 is 0 Å². The fourth-order valence-corrected chi connectivity index (χ4v) is 2.12. The number of ether oxygens (including phenoxy) is 1. The van der Waals surface area contributed by atoms with E-state index in [0.29, 0.717) is 0 Å². The fraction of sp³-hybridized carbons (Fsp3) is 0.250. The summed E-state index contributed by atoms with van der Waals surface area (Å²) in [5.74, 6) is 0.980. The van der Waals surface area contributed by atoms with Gasteiger partial charge in [-0.25, -0.2) is 0 Å². The van der Waals surface area contributed by atoms with E-state index in [9.17, 15) is 0 Å². The smallest absolute Gasteiger partial charge is 0.153 e. The van der Waals surface area contributed by atoms with Crippen molar-refractivity contribution in [1.82, 2.24) is 0 Å². The van der Waals surface area contributed by atoms with Crippen molar-refractivity contribution in [2.24, 2.45) is 0 Å². The van der Waals surface area contributed by atoms with Gasteiger partial charge in [0.1, 0.15) is 5.75 Å². The third-order valence-electron chi connectivity index (χ3n) is 1.66. The van der Waals surface area contributed by atoms with Gasteiger partial charge >= 0.3 is 0 Å². The standard InChI is InChI=1S/C8H6ClIO/c9-6-1-2-7-5(3-6)4-8(10)11-7/h1-3,8H,4H2. The Morgan fingerprint density at radius 3 is 3.18 bits per heavy atom. The van der Waals surface area contributed by atoms with Gasteiger partial charge < -0.3 is 4.74 Å². The van der Waals surface area contributed by atoms with Crippen molar-refractivity contribution in [1.29, 1.82) is 0 Å². The number of alkyl halides is 1. The molecule has 3 heteroatoms. The molecule has 2 rings (SSSR count). The Morgan fingerprint density at radius 1 is 1.55 bits per heavy atom. The van der Waals surface area contributed by atoms with Gasteiger partial charge in [0.05, 0.1) is 0 Å². The molecule has 0 aromatic heterocycles. The van der Waals surface area contributed by atoms with E-state index in [1.54, 1.807) is 0 Å². The second kappa shape index (κ2) is 2.83. The average Bonchev–Trinajstić information content (AvgIpc) is 2.27. The van der Waals surface area contributed by atoms with Crippen LogP contribution in [0, 0.1) is 0 Å². The zero-order chi connectivity index (χ0) is 7.84. The Hall–Kier alpha value is 0.0400. The lowest BCUT2D eigenvalue weighted by Crippen LogP contribution is -2.00. The number of hydrogen-bond donors (Lipinski definition) is 0. The summed E-state index contributed by atoms with van der Waals surface area (Å²) in [7, 11) is 0. The lowest BCUT2D eigenvalue weighted by molar-refractivity contribution is 0.338. The molecule has 0 aliphatic carbocycles. The summed E-state index contributed by atoms with van der Waals surface area (Å²) >= 11 is 8.09. The van der Waals surface area contributed by atoms with E-state index < -0.39 is 0 Å². The van der Waals surface area contributed by atoms with Crippen LogP contribution in [0.1, 0.15) is 5.56 Å². The van der Waals surface area contributed by atoms with Crippen LogP contribution in [-0.2, 0) is 6.42 Å². The Bertz CT molecular complexity index is 287. The van der Waals surface area contributed by atoms with Crippen molar-refractivity contribution in [2.45, 2.75) is 10.5 Å². The minimum atomic E-state index is 0.279. The van der Waals surface area contributed by atoms with E-state index in [2.05, 4.69) is 22.6 Å². The van der Waals surface area contributed by atoms with Gasteiger partial charge in [-0.3, -0.25) is 0 Å². The highest BCUT2D eigenvalue weighted by Gasteiger charge is 2.19. The molecule has 1 aromatic carbocycles. The van der Waals surface area contributed by atoms with Crippen LogP contribution < -0.4 is 4.74 Å². The van der Waals surface area contributed by atoms with Crippen molar-refractivity contribution >= 4 is 34.2 Å². The molecule has 0 saturated carbocycles. The maximum Gasteiger partial charge on any atom is 0.153 e. The van der Waals surface area contributed by atoms with Crippen molar-refractivity contribution < 1.29 is 4.74 Å². The van der Waals surface area contributed by atoms with Gasteiger partial charge in [-0.2, -0.15) is 0 Å². The zero-order valence-corrected chi connectivity index (χ0v) is 8.59. The number of rotatable bonds is 0. The molecule has 0 bridgehead atoms. The van der Waals surface area contributed by atoms with Crippen molar-refractivity contribution in [3.8, 4) is 5.75 Å². The molecule has 1 unspecified atom stereocenters. The molecular formula is C8H6ClIO. The summed E-state index contributed by atoms with van der Waals surface area (Å²) in [5.41, 5.74) is 1.22. The molecule has 0 fully saturated rings. The predicted octanol–water partition coefficient (Wildman–Crippen LogP) is 3.04. The molecule has 0 amide bonds. The van der Waals surface area contributed by atoms with Gasteiger partial charge in [0.2, 0.25) is 0 Å². The van der Waals surface area contributed by atoms with Crippen LogP contribution in [0.3, 0.4) is 0 Å². The summed E-state index contributed by atoms with van der Waals surface area (Å²) in [6.45, 7) is 0. The monoisotopic (exact) mass is 280 g/mol. The highest BCUT2D eigenvalue weighted by molar-refractivity contribution is 14.1. The molecule has 1 atom stereocenters. The molecule has 0 N–H and O–H groups in total. The van der Waals surface area contributed by atoms with Crippen LogP contribution in [0.2, 0.25) is 5.02 Å². The van der Waals surface area contributed by atoms with Gasteiger partial charge in [0.15, 0.2) is 4.11 Å². The molecule has 1 nitrogen and oxygen atoms in total. The minimum absolute atomic E-state index is 0.279. The van der Waals surface area contributed by atoms with Gasteiger partial charge in [-0.15, -0.1) is 0 Å². The summed E-state index contributed by atoms with van der Waals surface area (Å²) in [6.07, 6.45) is 0.969. The SMILES string of the molecule is Clc1ccc2c(c1)CC(I)O2. The van der Waals surface area contributed by atoms with Crippen molar-refractivity contribution in [3.05, 3.63) is 28.8 Å². The maximum atomic E-state index is 5.81. The van der Waals surface area contributed by atoms with E-state index in [-0.39, 0.29) is 4.11 Å². The molecule has 0 saturated heterocycles. The third kappa shape index (κ3) is 1.47. The second-order valence-electron chi connectivity index (χ2n) is 2.48. The van der Waals surface area contributed by atoms with Gasteiger partial charge in [0.25, 0.3) is 0 Å². The topological polar surface area (TPSA) is 9.23 Å². The van der Waals surface area contributed by atoms with Crippen LogP contribution in [0.25, 0.3) is 0 Å². The molecule has 1 heterocycles. The molecule has 1 aliphatic heterocycles. The first-order valence-corrected chi connectivity index (χ1v) is 4.97. The van der Waals surface area contributed by atoms with Gasteiger partial charge in [-0.1, -0.05) is 11.6 Å². The van der Waals surface area contributed by atoms with Crippen LogP contribution in [0.4, 0.5) is 0 Å². The lowest BCUT2D eigenvalue weighted by atomic mass is 10.2. The highest BCUT2D eigenvalue weighted by Crippen LogP contribution is 2.32. The molecular weight excluding hydrogens is 274 g/mol. The first-order valence-electron chi connectivity index (χ1n) is 3.35. The Labute approximate surface area is 83.8 Å². The number of hydrogen-bond acceptors (Lipinski definition) is 1. The summed E-state index contributed by atoms with van der Waals surface area (Å²) in [4.78, 5) is 0. The van der Waals surface area contributed by atoms with Crippen molar-refractivity contribution in [2.75, 3.05) is 0 Å². The number of halogens is 2. The molecule has 58 valence electrons. The summed E-state index contributed by atoms with van der Waals surface area (Å²) in [5, 5.41) is 0.790. The van der Waals surface area contributed by atoms with Crippen LogP contribution >= 0.6 is 34.2 Å². The van der Waals surface area contributed by atoms with E-state index in [0.717, 1.165) is 17.2 Å². The van der Waals surface area contributed by atoms with Gasteiger partial charge in [-0.05, 0) is 40.8 Å². The Kier molecular flexibility index (Phi) is 1.97. The molecule has 0 spiro atoms. The third-order valence-corrected chi connectivity index (χ3v) is 2.59. The summed E-state index contributed by atoms with van der Waals surface area (Å²) in [6, 6.07) is 5.75. The molecule has 1 aliphatic rings. The highest BCUT2D eigenvalue weighted by atomic mass is 127. The minimum Gasteiger partial charge on any atom is -0.480 e. The molecule has 0 radical (unpaired) electrons. The van der Waals surface area contributed by atoms with E-state index in [4.69, 9.17) is 16.3 Å². The normalized spacial score (nSPS) is 21.1. The maximum absolute atomic E-state index is 5.81. The first-order chi connectivity index (χ1) is 5.25. The quantitative estimate of drug-likeness (QED) is 0.524. The lowest BCUT2D eigenvalue weighted by Gasteiger charge is -1.99. The van der Waals surface area contributed by atoms with E-state index in [1.165, 1.54) is 5.56 Å². The van der Waals surface area contributed by atoms with Crippen molar-refractivity contribution in [3.63, 3.8) is 0 Å². The first kappa shape index (κ1) is 7.68. The van der Waals surface area contributed by atoms with Gasteiger partial charge in [0, 0.05) is 17.0 Å². The predicted molar refractivity (Wildman–Crippen MR) is 53.6 cm³/mol. The Balaban J connectivity index is 2.43. The Morgan fingerprint density at radius 2 is 2.36 bits per heavy atom. The van der Waals surface area contributed by atoms with E-state index in [1.807, 2.05) is 18.2 Å². The fourth-order valence-electron chi connectivity index (χ4n) is 1.17.